The lowest BCUT2D eigenvalue weighted by Crippen LogP contribution is -2.57. The van der Waals surface area contributed by atoms with Gasteiger partial charge in [-0.2, -0.15) is 18.9 Å². The molecule has 2 aromatic heterocycles. The van der Waals surface area contributed by atoms with Crippen LogP contribution in [0.15, 0.2) is 12.3 Å². The number of nitrogens with zero attached hydrogens (tertiary/aromatic N) is 6. The molecular weight excluding hydrogens is 410 g/mol. The van der Waals surface area contributed by atoms with E-state index in [0.717, 1.165) is 6.20 Å². The van der Waals surface area contributed by atoms with Gasteiger partial charge in [-0.15, -0.1) is 0 Å². The average Bonchev–Trinajstić information content (AvgIpc) is 3.15. The van der Waals surface area contributed by atoms with Gasteiger partial charge in [-0.05, 0) is 18.9 Å². The predicted octanol–water partition coefficient (Wildman–Crippen LogP) is 1.73. The molecule has 1 fully saturated rings. The van der Waals surface area contributed by atoms with Crippen molar-refractivity contribution in [1.82, 2.24) is 24.6 Å². The van der Waals surface area contributed by atoms with Gasteiger partial charge in [0.05, 0.1) is 11.7 Å². The first-order valence-corrected chi connectivity index (χ1v) is 9.97. The van der Waals surface area contributed by atoms with Crippen molar-refractivity contribution in [2.75, 3.05) is 35.7 Å². The first kappa shape index (κ1) is 20.9. The molecule has 1 saturated heterocycles. The quantitative estimate of drug-likeness (QED) is 0.738. The van der Waals surface area contributed by atoms with Crippen LogP contribution in [-0.4, -0.2) is 68.7 Å². The Hall–Kier alpha value is -3.31. The Kier molecular flexibility index (Phi) is 5.23. The molecule has 31 heavy (non-hydrogen) atoms. The van der Waals surface area contributed by atoms with E-state index in [1.165, 1.54) is 11.0 Å². The van der Waals surface area contributed by atoms with Crippen LogP contribution in [-0.2, 0) is 4.79 Å². The van der Waals surface area contributed by atoms with Crippen LogP contribution in [0.25, 0.3) is 0 Å². The zero-order chi connectivity index (χ0) is 22.4. The lowest BCUT2D eigenvalue weighted by atomic mass is 9.99. The van der Waals surface area contributed by atoms with Crippen molar-refractivity contribution in [3.63, 3.8) is 0 Å². The smallest absolute Gasteiger partial charge is 0.333 e. The van der Waals surface area contributed by atoms with Crippen LogP contribution in [0.1, 0.15) is 36.6 Å². The third-order valence-electron chi connectivity index (χ3n) is 5.50. The number of hydrogen-bond acceptors (Lipinski definition) is 7. The number of likely N-dealkylation sites (N-methyl/N-ethyl adjacent to an activating group) is 1. The van der Waals surface area contributed by atoms with Gasteiger partial charge < -0.3 is 20.4 Å². The van der Waals surface area contributed by atoms with E-state index in [4.69, 9.17) is 0 Å². The molecule has 1 atom stereocenters. The van der Waals surface area contributed by atoms with E-state index in [0.29, 0.717) is 40.9 Å². The number of likely N-dealkylation sites (tertiary alicyclic amines) is 1. The first-order chi connectivity index (χ1) is 14.7. The Morgan fingerprint density at radius 2 is 2.00 bits per heavy atom. The van der Waals surface area contributed by atoms with E-state index < -0.39 is 12.5 Å². The highest BCUT2D eigenvalue weighted by Crippen LogP contribution is 2.34. The highest BCUT2D eigenvalue weighted by Gasteiger charge is 2.36. The monoisotopic (exact) mass is 434 g/mol. The Bertz CT molecular complexity index is 1020. The number of carbonyl (C=O) groups is 2. The summed E-state index contributed by atoms with van der Waals surface area (Å²) in [4.78, 5) is 37.2. The molecule has 0 aromatic carbocycles. The largest absolute Gasteiger partial charge is 0.348 e. The van der Waals surface area contributed by atoms with Gasteiger partial charge in [0, 0.05) is 26.3 Å². The van der Waals surface area contributed by atoms with E-state index in [-0.39, 0.29) is 29.6 Å². The van der Waals surface area contributed by atoms with Gasteiger partial charge in [0.25, 0.3) is 5.91 Å². The summed E-state index contributed by atoms with van der Waals surface area (Å²) in [5.41, 5.74) is 1.21. The molecule has 2 aliphatic rings. The van der Waals surface area contributed by atoms with Gasteiger partial charge in [0.1, 0.15) is 11.7 Å². The Balaban J connectivity index is 1.43. The molecule has 12 heteroatoms. The summed E-state index contributed by atoms with van der Waals surface area (Å²) in [5.74, 6) is 0.658. The number of alkyl halides is 2. The molecule has 4 rings (SSSR count). The van der Waals surface area contributed by atoms with Crippen LogP contribution >= 0.6 is 0 Å². The van der Waals surface area contributed by atoms with Crippen molar-refractivity contribution in [2.24, 2.45) is 5.92 Å². The number of nitrogens with one attached hydrogen (secondary N) is 2. The third-order valence-corrected chi connectivity index (χ3v) is 5.50. The molecule has 4 heterocycles. The number of rotatable bonds is 5. The molecule has 2 aliphatic heterocycles. The van der Waals surface area contributed by atoms with Gasteiger partial charge >= 0.3 is 6.55 Å². The molecular formula is C19H24F2N8O2. The van der Waals surface area contributed by atoms with E-state index in [9.17, 15) is 18.4 Å². The van der Waals surface area contributed by atoms with Gasteiger partial charge in [0.2, 0.25) is 11.9 Å². The number of fused-ring (bicyclic) bond motifs is 1. The molecule has 2 amide bonds. The van der Waals surface area contributed by atoms with E-state index >= 15 is 0 Å². The fourth-order valence-electron chi connectivity index (χ4n) is 3.92. The highest BCUT2D eigenvalue weighted by atomic mass is 19.3. The number of hydrogen-bond donors (Lipinski definition) is 2. The maximum absolute atomic E-state index is 12.6. The van der Waals surface area contributed by atoms with Crippen LogP contribution in [0.4, 0.5) is 26.2 Å². The minimum Gasteiger partial charge on any atom is -0.348 e. The fourth-order valence-corrected chi connectivity index (χ4v) is 3.92. The molecule has 0 radical (unpaired) electrons. The highest BCUT2D eigenvalue weighted by molar-refractivity contribution is 6.03. The maximum atomic E-state index is 12.6. The van der Waals surface area contributed by atoms with Gasteiger partial charge in [-0.1, -0.05) is 13.8 Å². The first-order valence-electron chi connectivity index (χ1n) is 9.97. The van der Waals surface area contributed by atoms with E-state index in [1.54, 1.807) is 6.92 Å². The molecule has 0 aliphatic carbocycles. The number of halogens is 2. The summed E-state index contributed by atoms with van der Waals surface area (Å²) in [5, 5.41) is 9.71. The minimum absolute atomic E-state index is 0.0169. The van der Waals surface area contributed by atoms with E-state index in [2.05, 4.69) is 25.7 Å². The third kappa shape index (κ3) is 3.77. The molecule has 1 unspecified atom stereocenters. The van der Waals surface area contributed by atoms with Crippen LogP contribution in [0.2, 0.25) is 0 Å². The lowest BCUT2D eigenvalue weighted by Gasteiger charge is -2.40. The van der Waals surface area contributed by atoms with Crippen LogP contribution in [0.3, 0.4) is 0 Å². The second-order valence-corrected chi connectivity index (χ2v) is 8.13. The van der Waals surface area contributed by atoms with Crippen molar-refractivity contribution < 1.29 is 18.4 Å². The molecule has 0 spiro atoms. The zero-order valence-electron chi connectivity index (χ0n) is 17.6. The van der Waals surface area contributed by atoms with Gasteiger partial charge in [-0.25, -0.2) is 9.67 Å². The Labute approximate surface area is 177 Å². The number of aryl methyl sites for hydroxylation is 1. The van der Waals surface area contributed by atoms with Crippen molar-refractivity contribution in [2.45, 2.75) is 39.4 Å². The van der Waals surface area contributed by atoms with Gasteiger partial charge in [0.15, 0.2) is 11.5 Å². The second-order valence-electron chi connectivity index (χ2n) is 8.13. The number of anilines is 3. The standard InChI is InChI=1S/C19H24F2N8O2/c1-9(2)14-16(30)24-13-10(3)22-19(25-15(13)27(14)4)23-11-7-28(8-11)17(31)12-5-6-29(26-12)18(20)21/h5-6,9,11,14,18H,7-8H2,1-4H3,(H,24,30)(H,22,23,25). The summed E-state index contributed by atoms with van der Waals surface area (Å²) < 4.78 is 25.7. The summed E-state index contributed by atoms with van der Waals surface area (Å²) in [6, 6.07) is 0.864. The van der Waals surface area contributed by atoms with Crippen LogP contribution in [0.5, 0.6) is 0 Å². The normalized spacial score (nSPS) is 18.8. The molecule has 0 bridgehead atoms. The van der Waals surface area contributed by atoms with Gasteiger partial charge in [-0.3, -0.25) is 9.59 Å². The van der Waals surface area contributed by atoms with Crippen LogP contribution in [0, 0.1) is 12.8 Å². The molecule has 166 valence electrons. The second kappa shape index (κ2) is 7.75. The average molecular weight is 434 g/mol. The van der Waals surface area contributed by atoms with E-state index in [1.807, 2.05) is 25.8 Å². The number of carbonyl (C=O) groups excluding carboxylic acids is 2. The number of amides is 2. The number of aromatic nitrogens is 4. The van der Waals surface area contributed by atoms with Crippen molar-refractivity contribution >= 4 is 29.3 Å². The predicted molar refractivity (Wildman–Crippen MR) is 109 cm³/mol. The zero-order valence-corrected chi connectivity index (χ0v) is 17.6. The summed E-state index contributed by atoms with van der Waals surface area (Å²) >= 11 is 0. The molecule has 10 nitrogen and oxygen atoms in total. The maximum Gasteiger partial charge on any atom is 0.333 e. The Morgan fingerprint density at radius 1 is 1.29 bits per heavy atom. The Morgan fingerprint density at radius 3 is 2.61 bits per heavy atom. The van der Waals surface area contributed by atoms with Crippen molar-refractivity contribution in [3.8, 4) is 0 Å². The molecule has 0 saturated carbocycles. The lowest BCUT2D eigenvalue weighted by molar-refractivity contribution is -0.118. The minimum atomic E-state index is -2.78. The topological polar surface area (TPSA) is 108 Å². The summed E-state index contributed by atoms with van der Waals surface area (Å²) in [6.45, 7) is 3.72. The summed E-state index contributed by atoms with van der Waals surface area (Å²) in [6.07, 6.45) is 1.08. The fraction of sp³-hybridized carbons (Fsp3) is 0.526. The molecule has 2 aromatic rings. The van der Waals surface area contributed by atoms with Crippen molar-refractivity contribution in [3.05, 3.63) is 23.7 Å². The van der Waals surface area contributed by atoms with Crippen molar-refractivity contribution in [1.29, 1.82) is 0 Å². The molecule has 2 N–H and O–H groups in total. The van der Waals surface area contributed by atoms with Crippen LogP contribution < -0.4 is 15.5 Å². The SMILES string of the molecule is Cc1nc(NC2CN(C(=O)c3ccn(C(F)F)n3)C2)nc2c1NC(=O)C(C(C)C)N2C. The summed E-state index contributed by atoms with van der Waals surface area (Å²) in [7, 11) is 1.83.